The lowest BCUT2D eigenvalue weighted by Crippen LogP contribution is -2.39. The minimum atomic E-state index is 0.746. The van der Waals surface area contributed by atoms with Crippen molar-refractivity contribution in [2.45, 2.75) is 33.6 Å². The lowest BCUT2D eigenvalue weighted by molar-refractivity contribution is 0.355. The molecule has 1 fully saturated rings. The molecule has 1 saturated heterocycles. The normalized spacial score (nSPS) is 24.1. The smallest absolute Gasteiger partial charge is 0.224 e. The second kappa shape index (κ2) is 6.03. The van der Waals surface area contributed by atoms with Gasteiger partial charge in [-0.1, -0.05) is 20.8 Å². The number of nitrogens with one attached hydrogen (secondary N) is 1. The molecule has 4 heteroatoms. The van der Waals surface area contributed by atoms with Crippen molar-refractivity contribution in [2.75, 3.05) is 29.9 Å². The van der Waals surface area contributed by atoms with E-state index < -0.39 is 0 Å². The number of hydrogen-bond donors (Lipinski definition) is 1. The third-order valence-electron chi connectivity index (χ3n) is 3.37. The van der Waals surface area contributed by atoms with Crippen LogP contribution in [0.4, 0.5) is 11.8 Å². The van der Waals surface area contributed by atoms with Crippen LogP contribution in [-0.2, 0) is 0 Å². The van der Waals surface area contributed by atoms with E-state index in [0.29, 0.717) is 0 Å². The zero-order chi connectivity index (χ0) is 13.0. The lowest BCUT2D eigenvalue weighted by atomic mass is 9.92. The minimum absolute atomic E-state index is 0.746. The predicted octanol–water partition coefficient (Wildman–Crippen LogP) is 2.78. The first-order valence-corrected chi connectivity index (χ1v) is 7.01. The van der Waals surface area contributed by atoms with E-state index in [2.05, 4.69) is 41.0 Å². The molecule has 0 radical (unpaired) electrons. The third kappa shape index (κ3) is 3.34. The van der Waals surface area contributed by atoms with E-state index in [9.17, 15) is 0 Å². The predicted molar refractivity (Wildman–Crippen MR) is 76.0 cm³/mol. The first-order chi connectivity index (χ1) is 8.69. The summed E-state index contributed by atoms with van der Waals surface area (Å²) in [6.07, 6.45) is 4.26. The highest BCUT2D eigenvalue weighted by Crippen LogP contribution is 2.25. The van der Waals surface area contributed by atoms with Crippen molar-refractivity contribution in [1.29, 1.82) is 0 Å². The number of nitrogens with zero attached hydrogens (tertiary/aromatic N) is 3. The van der Waals surface area contributed by atoms with Crippen LogP contribution in [0.5, 0.6) is 0 Å². The van der Waals surface area contributed by atoms with Gasteiger partial charge < -0.3 is 10.2 Å². The van der Waals surface area contributed by atoms with Crippen molar-refractivity contribution >= 4 is 11.8 Å². The van der Waals surface area contributed by atoms with Crippen LogP contribution in [-0.4, -0.2) is 29.6 Å². The Balaban J connectivity index is 2.07. The minimum Gasteiger partial charge on any atom is -0.356 e. The van der Waals surface area contributed by atoms with Crippen molar-refractivity contribution in [3.8, 4) is 0 Å². The Labute approximate surface area is 110 Å². The molecule has 0 aromatic carbocycles. The van der Waals surface area contributed by atoms with Gasteiger partial charge in [0.1, 0.15) is 5.82 Å². The molecule has 1 aromatic heterocycles. The molecular formula is C14H24N4. The Morgan fingerprint density at radius 3 is 2.72 bits per heavy atom. The molecular weight excluding hydrogens is 224 g/mol. The summed E-state index contributed by atoms with van der Waals surface area (Å²) in [5.41, 5.74) is 0. The highest BCUT2D eigenvalue weighted by Gasteiger charge is 2.22. The first kappa shape index (κ1) is 13.1. The summed E-state index contributed by atoms with van der Waals surface area (Å²) in [4.78, 5) is 11.3. The van der Waals surface area contributed by atoms with Crippen molar-refractivity contribution in [3.05, 3.63) is 12.3 Å². The summed E-state index contributed by atoms with van der Waals surface area (Å²) in [5.74, 6) is 3.30. The molecule has 1 N–H and O–H groups in total. The Bertz CT molecular complexity index is 370. The quantitative estimate of drug-likeness (QED) is 0.889. The van der Waals surface area contributed by atoms with E-state index in [1.165, 1.54) is 6.42 Å². The van der Waals surface area contributed by atoms with Gasteiger partial charge in [0.15, 0.2) is 0 Å². The summed E-state index contributed by atoms with van der Waals surface area (Å²) >= 11 is 0. The second-order valence-electron chi connectivity index (χ2n) is 5.52. The van der Waals surface area contributed by atoms with Gasteiger partial charge in [0.05, 0.1) is 0 Å². The van der Waals surface area contributed by atoms with Crippen molar-refractivity contribution in [3.63, 3.8) is 0 Å². The maximum Gasteiger partial charge on any atom is 0.224 e. The molecule has 0 saturated carbocycles. The molecule has 0 amide bonds. The van der Waals surface area contributed by atoms with Crippen LogP contribution in [0.1, 0.15) is 33.6 Å². The van der Waals surface area contributed by atoms with Gasteiger partial charge in [0.2, 0.25) is 5.95 Å². The van der Waals surface area contributed by atoms with Gasteiger partial charge >= 0.3 is 0 Å². The van der Waals surface area contributed by atoms with Gasteiger partial charge in [-0.3, -0.25) is 0 Å². The molecule has 1 aromatic rings. The van der Waals surface area contributed by atoms with E-state index in [1.807, 2.05) is 12.3 Å². The fourth-order valence-electron chi connectivity index (χ4n) is 2.70. The molecule has 2 atom stereocenters. The number of piperidine rings is 1. The Hall–Kier alpha value is -1.32. The standard InChI is InChI=1S/C14H24N4/c1-4-6-15-14-16-7-5-13(17-14)18-9-11(2)8-12(3)10-18/h5,7,11-12H,4,6,8-10H2,1-3H3,(H,15,16,17). The van der Waals surface area contributed by atoms with Crippen LogP contribution < -0.4 is 10.2 Å². The molecule has 0 bridgehead atoms. The average Bonchev–Trinajstić information content (AvgIpc) is 2.35. The number of aromatic nitrogens is 2. The Morgan fingerprint density at radius 1 is 1.33 bits per heavy atom. The highest BCUT2D eigenvalue weighted by molar-refractivity contribution is 5.43. The molecule has 1 aliphatic rings. The second-order valence-corrected chi connectivity index (χ2v) is 5.52. The molecule has 0 spiro atoms. The molecule has 2 unspecified atom stereocenters. The van der Waals surface area contributed by atoms with E-state index in [4.69, 9.17) is 0 Å². The summed E-state index contributed by atoms with van der Waals surface area (Å²) in [6, 6.07) is 2.02. The van der Waals surface area contributed by atoms with Crippen LogP contribution in [0.25, 0.3) is 0 Å². The van der Waals surface area contributed by atoms with E-state index in [1.54, 1.807) is 0 Å². The Kier molecular flexibility index (Phi) is 4.39. The molecule has 2 heterocycles. The molecule has 1 aliphatic heterocycles. The van der Waals surface area contributed by atoms with Crippen LogP contribution in [0.3, 0.4) is 0 Å². The van der Waals surface area contributed by atoms with E-state index in [-0.39, 0.29) is 0 Å². The summed E-state index contributed by atoms with van der Waals surface area (Å²) in [7, 11) is 0. The van der Waals surface area contributed by atoms with E-state index >= 15 is 0 Å². The van der Waals surface area contributed by atoms with Crippen molar-refractivity contribution in [1.82, 2.24) is 9.97 Å². The zero-order valence-corrected chi connectivity index (χ0v) is 11.7. The molecule has 18 heavy (non-hydrogen) atoms. The average molecular weight is 248 g/mol. The summed E-state index contributed by atoms with van der Waals surface area (Å²) in [5, 5.41) is 3.25. The maximum absolute atomic E-state index is 4.61. The third-order valence-corrected chi connectivity index (χ3v) is 3.37. The van der Waals surface area contributed by atoms with Gasteiger partial charge in [-0.25, -0.2) is 4.98 Å². The number of rotatable bonds is 4. The van der Waals surface area contributed by atoms with E-state index in [0.717, 1.165) is 49.7 Å². The summed E-state index contributed by atoms with van der Waals surface area (Å²) < 4.78 is 0. The van der Waals surface area contributed by atoms with Gasteiger partial charge in [0, 0.05) is 25.8 Å². The fourth-order valence-corrected chi connectivity index (χ4v) is 2.70. The lowest BCUT2D eigenvalue weighted by Gasteiger charge is -2.35. The van der Waals surface area contributed by atoms with Crippen LogP contribution >= 0.6 is 0 Å². The van der Waals surface area contributed by atoms with Crippen LogP contribution in [0, 0.1) is 11.8 Å². The van der Waals surface area contributed by atoms with Gasteiger partial charge in [-0.15, -0.1) is 0 Å². The van der Waals surface area contributed by atoms with Crippen LogP contribution in [0.15, 0.2) is 12.3 Å². The molecule has 100 valence electrons. The monoisotopic (exact) mass is 248 g/mol. The molecule has 2 rings (SSSR count). The number of hydrogen-bond acceptors (Lipinski definition) is 4. The topological polar surface area (TPSA) is 41.1 Å². The molecule has 0 aliphatic carbocycles. The maximum atomic E-state index is 4.61. The van der Waals surface area contributed by atoms with Gasteiger partial charge in [-0.05, 0) is 30.7 Å². The Morgan fingerprint density at radius 2 is 2.06 bits per heavy atom. The van der Waals surface area contributed by atoms with Gasteiger partial charge in [-0.2, -0.15) is 4.98 Å². The van der Waals surface area contributed by atoms with Crippen LogP contribution in [0.2, 0.25) is 0 Å². The van der Waals surface area contributed by atoms with Crippen molar-refractivity contribution < 1.29 is 0 Å². The number of anilines is 2. The summed E-state index contributed by atoms with van der Waals surface area (Å²) in [6.45, 7) is 9.92. The zero-order valence-electron chi connectivity index (χ0n) is 11.7. The first-order valence-electron chi connectivity index (χ1n) is 7.01. The van der Waals surface area contributed by atoms with Gasteiger partial charge in [0.25, 0.3) is 0 Å². The highest BCUT2D eigenvalue weighted by atomic mass is 15.2. The van der Waals surface area contributed by atoms with Crippen molar-refractivity contribution in [2.24, 2.45) is 11.8 Å². The fraction of sp³-hybridized carbons (Fsp3) is 0.714. The largest absolute Gasteiger partial charge is 0.356 e. The molecule has 4 nitrogen and oxygen atoms in total. The SMILES string of the molecule is CCCNc1nccc(N2CC(C)CC(C)C2)n1.